The fraction of sp³-hybridized carbons (Fsp3) is 0.0714. The summed E-state index contributed by atoms with van der Waals surface area (Å²) < 4.78 is 22.5. The van der Waals surface area contributed by atoms with Gasteiger partial charge in [0.2, 0.25) is 0 Å². The van der Waals surface area contributed by atoms with Crippen LogP contribution in [0.2, 0.25) is 10.0 Å². The van der Waals surface area contributed by atoms with E-state index in [1.165, 1.54) is 0 Å². The average molecular weight is 375 g/mol. The Bertz CT molecular complexity index is 665. The lowest BCUT2D eigenvalue weighted by atomic mass is 10.3. The van der Waals surface area contributed by atoms with Crippen molar-refractivity contribution in [3.05, 3.63) is 58.6 Å². The van der Waals surface area contributed by atoms with Crippen LogP contribution in [0.25, 0.3) is 0 Å². The van der Waals surface area contributed by atoms with E-state index in [2.05, 4.69) is 4.76 Å². The number of halogens is 2. The van der Waals surface area contributed by atoms with Gasteiger partial charge in [-0.15, -0.1) is 0 Å². The van der Waals surface area contributed by atoms with Gasteiger partial charge in [0.05, 0.1) is 0 Å². The second-order valence-corrected chi connectivity index (χ2v) is 9.08. The number of nitrogens with zero attached hydrogens (tertiary/aromatic N) is 1. The van der Waals surface area contributed by atoms with E-state index in [9.17, 15) is 4.57 Å². The zero-order chi connectivity index (χ0) is 16.2. The number of hydrogen-bond donors (Lipinski definition) is 1. The van der Waals surface area contributed by atoms with Crippen molar-refractivity contribution in [1.82, 2.24) is 0 Å². The van der Waals surface area contributed by atoms with E-state index in [0.29, 0.717) is 20.7 Å². The quantitative estimate of drug-likeness (QED) is 0.417. The van der Waals surface area contributed by atoms with Crippen LogP contribution in [-0.4, -0.2) is 5.84 Å². The summed E-state index contributed by atoms with van der Waals surface area (Å²) in [5.74, 6) is 0.581. The SMILES string of the molecule is CC(N)=NP(=O)(Oc1ccc(Cl)cc1)Sc1ccc(Cl)cc1. The van der Waals surface area contributed by atoms with Gasteiger partial charge in [-0.25, -0.2) is 4.57 Å². The topological polar surface area (TPSA) is 64.7 Å². The zero-order valence-electron chi connectivity index (χ0n) is 11.6. The Morgan fingerprint density at radius 1 is 1.09 bits per heavy atom. The molecule has 0 saturated heterocycles. The van der Waals surface area contributed by atoms with Crippen LogP contribution in [0.3, 0.4) is 0 Å². The molecule has 2 rings (SSSR count). The minimum atomic E-state index is -3.46. The van der Waals surface area contributed by atoms with E-state index >= 15 is 0 Å². The van der Waals surface area contributed by atoms with Gasteiger partial charge in [0.25, 0.3) is 0 Å². The first-order chi connectivity index (χ1) is 10.4. The summed E-state index contributed by atoms with van der Waals surface area (Å²) in [4.78, 5) is 0.715. The number of hydrogen-bond acceptors (Lipinski definition) is 3. The van der Waals surface area contributed by atoms with Crippen LogP contribution in [0.4, 0.5) is 0 Å². The first-order valence-electron chi connectivity index (χ1n) is 6.19. The molecule has 22 heavy (non-hydrogen) atoms. The van der Waals surface area contributed by atoms with Gasteiger partial charge in [-0.1, -0.05) is 23.2 Å². The van der Waals surface area contributed by atoms with E-state index in [1.807, 2.05) is 0 Å². The van der Waals surface area contributed by atoms with Gasteiger partial charge in [-0.2, -0.15) is 4.76 Å². The van der Waals surface area contributed by atoms with Gasteiger partial charge >= 0.3 is 6.72 Å². The van der Waals surface area contributed by atoms with Crippen molar-refractivity contribution in [2.45, 2.75) is 11.8 Å². The Kier molecular flexibility index (Phi) is 5.81. The molecule has 2 aromatic carbocycles. The highest BCUT2D eigenvalue weighted by atomic mass is 35.5. The third-order valence-corrected chi connectivity index (χ3v) is 6.36. The fourth-order valence-corrected chi connectivity index (χ4v) is 5.22. The van der Waals surface area contributed by atoms with E-state index in [-0.39, 0.29) is 5.84 Å². The molecule has 2 N–H and O–H groups in total. The maximum Gasteiger partial charge on any atom is 0.426 e. The molecule has 0 bridgehead atoms. The van der Waals surface area contributed by atoms with Crippen LogP contribution >= 0.6 is 41.3 Å². The summed E-state index contributed by atoms with van der Waals surface area (Å²) in [7, 11) is 0. The Labute approximate surface area is 142 Å². The van der Waals surface area contributed by atoms with Crippen LogP contribution in [0.1, 0.15) is 6.92 Å². The van der Waals surface area contributed by atoms with Gasteiger partial charge in [0.15, 0.2) is 0 Å². The number of amidine groups is 1. The summed E-state index contributed by atoms with van der Waals surface area (Å²) in [5, 5.41) is 1.15. The lowest BCUT2D eigenvalue weighted by molar-refractivity contribution is 0.501. The second kappa shape index (κ2) is 7.42. The normalized spacial score (nSPS) is 14.4. The summed E-state index contributed by atoms with van der Waals surface area (Å²) in [5.41, 5.74) is 5.58. The zero-order valence-corrected chi connectivity index (χ0v) is 14.8. The lowest BCUT2D eigenvalue weighted by Gasteiger charge is -2.15. The molecule has 0 spiro atoms. The maximum atomic E-state index is 12.9. The molecule has 0 aliphatic rings. The molecule has 8 heteroatoms. The predicted octanol–water partition coefficient (Wildman–Crippen LogP) is 5.65. The van der Waals surface area contributed by atoms with Crippen molar-refractivity contribution in [2.24, 2.45) is 10.5 Å². The Morgan fingerprint density at radius 2 is 1.59 bits per heavy atom. The minimum absolute atomic E-state index is 0.179. The number of benzene rings is 2. The third kappa shape index (κ3) is 5.25. The third-order valence-electron chi connectivity index (χ3n) is 2.35. The highest BCUT2D eigenvalue weighted by Gasteiger charge is 2.26. The Balaban J connectivity index is 2.27. The molecule has 4 nitrogen and oxygen atoms in total. The van der Waals surface area contributed by atoms with Gasteiger partial charge in [0.1, 0.15) is 11.6 Å². The lowest BCUT2D eigenvalue weighted by Crippen LogP contribution is -2.05. The van der Waals surface area contributed by atoms with Gasteiger partial charge in [-0.3, -0.25) is 0 Å². The van der Waals surface area contributed by atoms with Crippen LogP contribution in [0.15, 0.2) is 58.2 Å². The van der Waals surface area contributed by atoms with E-state index in [4.69, 9.17) is 33.5 Å². The van der Waals surface area contributed by atoms with E-state index in [0.717, 1.165) is 11.4 Å². The highest BCUT2D eigenvalue weighted by Crippen LogP contribution is 2.63. The van der Waals surface area contributed by atoms with Crippen molar-refractivity contribution in [2.75, 3.05) is 0 Å². The Morgan fingerprint density at radius 3 is 2.09 bits per heavy atom. The molecule has 0 amide bonds. The molecule has 1 atom stereocenters. The molecule has 0 aromatic heterocycles. The summed E-state index contributed by atoms with van der Waals surface area (Å²) in [6, 6.07) is 13.4. The summed E-state index contributed by atoms with van der Waals surface area (Å²) in [6.45, 7) is -1.90. The molecule has 2 aromatic rings. The van der Waals surface area contributed by atoms with Crippen molar-refractivity contribution < 1.29 is 9.09 Å². The van der Waals surface area contributed by atoms with Gasteiger partial charge in [-0.05, 0) is 55.5 Å². The van der Waals surface area contributed by atoms with Crippen LogP contribution in [0.5, 0.6) is 5.75 Å². The molecule has 116 valence electrons. The monoisotopic (exact) mass is 374 g/mol. The largest absolute Gasteiger partial charge is 0.426 e. The fourth-order valence-electron chi connectivity index (χ4n) is 1.51. The van der Waals surface area contributed by atoms with Crippen molar-refractivity contribution in [3.63, 3.8) is 0 Å². The molecule has 0 heterocycles. The first-order valence-corrected chi connectivity index (χ1v) is 9.94. The summed E-state index contributed by atoms with van der Waals surface area (Å²) in [6.07, 6.45) is 0. The molecule has 1 unspecified atom stereocenters. The second-order valence-electron chi connectivity index (χ2n) is 4.30. The van der Waals surface area contributed by atoms with Crippen LogP contribution in [-0.2, 0) is 4.57 Å². The van der Waals surface area contributed by atoms with Crippen LogP contribution < -0.4 is 10.3 Å². The van der Waals surface area contributed by atoms with Crippen LogP contribution in [0, 0.1) is 0 Å². The van der Waals surface area contributed by atoms with E-state index < -0.39 is 6.72 Å². The molecule has 0 aliphatic carbocycles. The molecular formula is C14H13Cl2N2O2PS. The smallest absolute Gasteiger partial charge is 0.420 e. The van der Waals surface area contributed by atoms with Crippen molar-refractivity contribution >= 4 is 47.1 Å². The maximum absolute atomic E-state index is 12.9. The standard InChI is InChI=1S/C14H13Cl2N2O2PS/c1-10(17)18-21(19,20-13-6-2-11(15)3-7-13)22-14-8-4-12(16)5-9-14/h2-9H,1H3,(H2,17,18,19). The molecule has 0 radical (unpaired) electrons. The highest BCUT2D eigenvalue weighted by molar-refractivity contribution is 8.56. The number of nitrogens with two attached hydrogens (primary N) is 1. The first kappa shape index (κ1) is 17.2. The van der Waals surface area contributed by atoms with Crippen molar-refractivity contribution in [3.8, 4) is 5.75 Å². The number of rotatable bonds is 5. The molecule has 0 saturated carbocycles. The Hall–Kier alpha value is -1.13. The molecule has 0 aliphatic heterocycles. The predicted molar refractivity (Wildman–Crippen MR) is 94.3 cm³/mol. The molecular weight excluding hydrogens is 362 g/mol. The van der Waals surface area contributed by atoms with Gasteiger partial charge < -0.3 is 10.3 Å². The van der Waals surface area contributed by atoms with Crippen molar-refractivity contribution in [1.29, 1.82) is 0 Å². The summed E-state index contributed by atoms with van der Waals surface area (Å²) >= 11 is 12.7. The molecule has 0 fully saturated rings. The van der Waals surface area contributed by atoms with E-state index in [1.54, 1.807) is 55.5 Å². The van der Waals surface area contributed by atoms with Gasteiger partial charge in [0, 0.05) is 26.3 Å². The minimum Gasteiger partial charge on any atom is -0.420 e. The average Bonchev–Trinajstić information content (AvgIpc) is 2.43.